The Morgan fingerprint density at radius 3 is 0.673 bits per heavy atom. The van der Waals surface area contributed by atoms with Gasteiger partial charge in [-0.25, -0.2) is 9.13 Å². The van der Waals surface area contributed by atoms with E-state index in [1.807, 2.05) is 0 Å². The molecule has 101 heavy (non-hydrogen) atoms. The molecule has 5 atom stereocenters. The summed E-state index contributed by atoms with van der Waals surface area (Å²) in [6, 6.07) is 0. The van der Waals surface area contributed by atoms with Gasteiger partial charge in [-0.05, 0) is 37.5 Å². The van der Waals surface area contributed by atoms with Gasteiger partial charge in [-0.1, -0.05) is 382 Å². The Kier molecular flexibility index (Phi) is 72.2. The number of unbranched alkanes of at least 4 members (excludes halogenated alkanes) is 51. The summed E-state index contributed by atoms with van der Waals surface area (Å²) >= 11 is 0. The van der Waals surface area contributed by atoms with Gasteiger partial charge in [0.1, 0.15) is 19.3 Å². The molecule has 0 aromatic heterocycles. The molecule has 0 aromatic carbocycles. The Morgan fingerprint density at radius 1 is 0.267 bits per heavy atom. The lowest BCUT2D eigenvalue weighted by molar-refractivity contribution is -0.161. The first-order valence-electron chi connectivity index (χ1n) is 42.5. The Hall–Kier alpha value is -1.94. The van der Waals surface area contributed by atoms with Gasteiger partial charge in [-0.15, -0.1) is 0 Å². The van der Waals surface area contributed by atoms with Crippen molar-refractivity contribution in [2.45, 2.75) is 452 Å². The van der Waals surface area contributed by atoms with Crippen LogP contribution in [0.1, 0.15) is 433 Å². The number of hydrogen-bond acceptors (Lipinski definition) is 15. The number of aliphatic hydroxyl groups is 1. The van der Waals surface area contributed by atoms with E-state index in [1.54, 1.807) is 0 Å². The highest BCUT2D eigenvalue weighted by Gasteiger charge is 2.30. The lowest BCUT2D eigenvalue weighted by atomic mass is 10.0. The number of rotatable bonds is 81. The Bertz CT molecular complexity index is 1940. The number of carbonyl (C=O) groups excluding carboxylic acids is 4. The highest BCUT2D eigenvalue weighted by Crippen LogP contribution is 2.45. The van der Waals surface area contributed by atoms with Gasteiger partial charge in [0.05, 0.1) is 26.4 Å². The lowest BCUT2D eigenvalue weighted by Gasteiger charge is -2.21. The number of hydrogen-bond donors (Lipinski definition) is 3. The largest absolute Gasteiger partial charge is 0.472 e. The third-order valence-electron chi connectivity index (χ3n) is 19.2. The van der Waals surface area contributed by atoms with Crippen molar-refractivity contribution in [2.75, 3.05) is 39.6 Å². The molecule has 0 spiro atoms. The maximum atomic E-state index is 13.1. The quantitative estimate of drug-likeness (QED) is 0.0222. The summed E-state index contributed by atoms with van der Waals surface area (Å²) in [5.41, 5.74) is 0. The second kappa shape index (κ2) is 73.6. The number of phosphoric ester groups is 2. The van der Waals surface area contributed by atoms with Gasteiger partial charge >= 0.3 is 39.5 Å². The molecule has 2 unspecified atom stereocenters. The molecule has 0 aliphatic carbocycles. The van der Waals surface area contributed by atoms with E-state index in [2.05, 4.69) is 41.5 Å². The van der Waals surface area contributed by atoms with Crippen LogP contribution in [0.5, 0.6) is 0 Å². The van der Waals surface area contributed by atoms with Gasteiger partial charge in [-0.2, -0.15) is 0 Å². The van der Waals surface area contributed by atoms with Crippen LogP contribution in [0.25, 0.3) is 0 Å². The Balaban J connectivity index is 5.24. The molecule has 0 aromatic rings. The van der Waals surface area contributed by atoms with Crippen LogP contribution in [-0.4, -0.2) is 96.7 Å². The van der Waals surface area contributed by atoms with Crippen molar-refractivity contribution in [3.05, 3.63) is 0 Å². The maximum absolute atomic E-state index is 13.1. The zero-order valence-corrected chi connectivity index (χ0v) is 68.0. The third-order valence-corrected chi connectivity index (χ3v) is 21.1. The summed E-state index contributed by atoms with van der Waals surface area (Å²) in [7, 11) is -9.92. The molecule has 0 heterocycles. The van der Waals surface area contributed by atoms with E-state index in [0.29, 0.717) is 31.6 Å². The SMILES string of the molecule is CCCCCCCCCCCCCCCCCCCCCC(=O)O[C@H](COC(=O)CCCCCCCCCCCCCCCCCCC)COP(=O)(O)OC[C@@H](O)COP(=O)(O)OC[C@@H](COC(=O)CCCCCCCCCC(C)C)OC(=O)CCCCCCCCCCCCCCC(C)C. The van der Waals surface area contributed by atoms with E-state index in [1.165, 1.54) is 244 Å². The normalized spacial score (nSPS) is 13.9. The van der Waals surface area contributed by atoms with Crippen LogP contribution in [0, 0.1) is 11.8 Å². The van der Waals surface area contributed by atoms with Crippen molar-refractivity contribution in [2.24, 2.45) is 11.8 Å². The van der Waals surface area contributed by atoms with Gasteiger partial charge in [0.25, 0.3) is 0 Å². The number of phosphoric acid groups is 2. The van der Waals surface area contributed by atoms with E-state index in [-0.39, 0.29) is 25.7 Å². The fraction of sp³-hybridized carbons (Fsp3) is 0.951. The summed E-state index contributed by atoms with van der Waals surface area (Å²) < 4.78 is 68.8. The predicted octanol–water partition coefficient (Wildman–Crippen LogP) is 24.7. The molecule has 600 valence electrons. The first-order valence-corrected chi connectivity index (χ1v) is 45.5. The topological polar surface area (TPSA) is 237 Å². The third kappa shape index (κ3) is 76.1. The highest BCUT2D eigenvalue weighted by molar-refractivity contribution is 7.47. The van der Waals surface area contributed by atoms with Crippen LogP contribution in [0.3, 0.4) is 0 Å². The van der Waals surface area contributed by atoms with Crippen molar-refractivity contribution in [3.8, 4) is 0 Å². The van der Waals surface area contributed by atoms with Crippen molar-refractivity contribution in [1.29, 1.82) is 0 Å². The van der Waals surface area contributed by atoms with Gasteiger partial charge in [0, 0.05) is 25.7 Å². The second-order valence-electron chi connectivity index (χ2n) is 30.5. The van der Waals surface area contributed by atoms with Crippen LogP contribution < -0.4 is 0 Å². The molecule has 0 fully saturated rings. The van der Waals surface area contributed by atoms with Gasteiger partial charge < -0.3 is 33.8 Å². The molecule has 3 N–H and O–H groups in total. The van der Waals surface area contributed by atoms with Crippen molar-refractivity contribution < 1.29 is 80.2 Å². The minimum Gasteiger partial charge on any atom is -0.462 e. The fourth-order valence-corrected chi connectivity index (χ4v) is 14.3. The number of esters is 4. The Labute approximate surface area is 619 Å². The summed E-state index contributed by atoms with van der Waals surface area (Å²) in [4.78, 5) is 73.1. The van der Waals surface area contributed by atoms with Crippen LogP contribution in [0.2, 0.25) is 0 Å². The summed E-state index contributed by atoms with van der Waals surface area (Å²) in [5.74, 6) is -0.626. The van der Waals surface area contributed by atoms with E-state index in [9.17, 15) is 43.2 Å². The van der Waals surface area contributed by atoms with Crippen molar-refractivity contribution >= 4 is 39.5 Å². The highest BCUT2D eigenvalue weighted by atomic mass is 31.2. The molecule has 0 saturated carbocycles. The van der Waals surface area contributed by atoms with E-state index in [0.717, 1.165) is 102 Å². The average Bonchev–Trinajstić information content (AvgIpc) is 0.948. The zero-order chi connectivity index (χ0) is 74.2. The first kappa shape index (κ1) is 99.1. The van der Waals surface area contributed by atoms with Crippen molar-refractivity contribution in [1.82, 2.24) is 0 Å². The molecule has 17 nitrogen and oxygen atoms in total. The summed E-state index contributed by atoms with van der Waals surface area (Å²) in [6.07, 6.45) is 63.9. The lowest BCUT2D eigenvalue weighted by Crippen LogP contribution is -2.30. The van der Waals surface area contributed by atoms with Crippen molar-refractivity contribution in [3.63, 3.8) is 0 Å². The minimum atomic E-state index is -4.96. The van der Waals surface area contributed by atoms with E-state index < -0.39 is 97.5 Å². The molecular formula is C82H160O17P2. The molecule has 0 radical (unpaired) electrons. The number of carbonyl (C=O) groups is 4. The van der Waals surface area contributed by atoms with Crippen LogP contribution in [0.15, 0.2) is 0 Å². The predicted molar refractivity (Wildman–Crippen MR) is 414 cm³/mol. The molecule has 0 rings (SSSR count). The van der Waals surface area contributed by atoms with Crippen LogP contribution >= 0.6 is 15.6 Å². The average molecular weight is 1480 g/mol. The monoisotopic (exact) mass is 1480 g/mol. The number of ether oxygens (including phenoxy) is 4. The molecule has 0 amide bonds. The van der Waals surface area contributed by atoms with Gasteiger partial charge in [0.15, 0.2) is 12.2 Å². The van der Waals surface area contributed by atoms with Gasteiger partial charge in [0.2, 0.25) is 0 Å². The molecule has 19 heteroatoms. The second-order valence-corrected chi connectivity index (χ2v) is 33.4. The van der Waals surface area contributed by atoms with E-state index >= 15 is 0 Å². The minimum absolute atomic E-state index is 0.106. The molecule has 0 aliphatic rings. The number of aliphatic hydroxyl groups excluding tert-OH is 1. The zero-order valence-electron chi connectivity index (χ0n) is 66.2. The van der Waals surface area contributed by atoms with Gasteiger partial charge in [-0.3, -0.25) is 37.3 Å². The molecule has 0 bridgehead atoms. The summed E-state index contributed by atoms with van der Waals surface area (Å²) in [6.45, 7) is 9.60. The smallest absolute Gasteiger partial charge is 0.462 e. The van der Waals surface area contributed by atoms with Crippen LogP contribution in [0.4, 0.5) is 0 Å². The molecule has 0 saturated heterocycles. The van der Waals surface area contributed by atoms with E-state index in [4.69, 9.17) is 37.0 Å². The standard InChI is InChI=1S/C82H160O17P2/c1-7-9-11-13-15-17-19-21-23-25-26-28-30-32-37-41-47-54-60-66-81(86)98-77(70-92-79(84)64-58-52-46-40-36-31-29-27-24-22-20-18-16-14-12-10-8-2)72-96-100(88,89)94-68-76(83)69-95-101(90,91)97-73-78(71-93-80(85)65-59-53-49-43-45-51-57-63-75(5)6)99-82(87)67-61-55-48-42-38-34-33-35-39-44-50-56-62-74(3)4/h74-78,83H,7-73H2,1-6H3,(H,88,89)(H,90,91)/t76-,77-,78-/m1/s1. The maximum Gasteiger partial charge on any atom is 0.472 e. The fourth-order valence-electron chi connectivity index (χ4n) is 12.7. The first-order chi connectivity index (χ1) is 48.9. The Morgan fingerprint density at radius 2 is 0.455 bits per heavy atom. The molecular weight excluding hydrogens is 1320 g/mol. The molecule has 0 aliphatic heterocycles. The summed E-state index contributed by atoms with van der Waals surface area (Å²) in [5, 5.41) is 10.6. The van der Waals surface area contributed by atoms with Crippen LogP contribution in [-0.2, 0) is 65.4 Å².